The number of furan rings is 1. The maximum atomic E-state index is 12.5. The maximum Gasteiger partial charge on any atom is 0.287 e. The fourth-order valence-electron chi connectivity index (χ4n) is 5.48. The first-order valence-electron chi connectivity index (χ1n) is 13.5. The summed E-state index contributed by atoms with van der Waals surface area (Å²) in [5.41, 5.74) is 5.07. The zero-order valence-corrected chi connectivity index (χ0v) is 22.4. The van der Waals surface area contributed by atoms with E-state index in [1.54, 1.807) is 0 Å². The molecule has 198 valence electrons. The van der Waals surface area contributed by atoms with Crippen molar-refractivity contribution in [3.05, 3.63) is 65.5 Å². The van der Waals surface area contributed by atoms with Gasteiger partial charge in [0.2, 0.25) is 0 Å². The van der Waals surface area contributed by atoms with E-state index in [4.69, 9.17) is 4.42 Å². The van der Waals surface area contributed by atoms with Gasteiger partial charge in [0.15, 0.2) is 5.76 Å². The Morgan fingerprint density at radius 2 is 1.92 bits per heavy atom. The third kappa shape index (κ3) is 5.52. The number of hydrogen-bond donors (Lipinski definition) is 2. The van der Waals surface area contributed by atoms with Gasteiger partial charge in [0.1, 0.15) is 5.58 Å². The molecular weight excluding hydrogens is 498 g/mol. The highest BCUT2D eigenvalue weighted by atomic mass is 35.5. The normalized spacial score (nSPS) is 16.2. The number of fused-ring (bicyclic) bond motifs is 2. The van der Waals surface area contributed by atoms with E-state index < -0.39 is 0 Å². The summed E-state index contributed by atoms with van der Waals surface area (Å²) in [7, 11) is 0. The zero-order chi connectivity index (χ0) is 25.2. The van der Waals surface area contributed by atoms with Crippen molar-refractivity contribution in [3.8, 4) is 6.07 Å². The molecule has 2 aromatic heterocycles. The lowest BCUT2D eigenvalue weighted by Crippen LogP contribution is -2.46. The van der Waals surface area contributed by atoms with Crippen LogP contribution in [-0.2, 0) is 6.42 Å². The van der Waals surface area contributed by atoms with Crippen molar-refractivity contribution >= 4 is 45.9 Å². The third-order valence-electron chi connectivity index (χ3n) is 7.97. The molecule has 0 unspecified atom stereocenters. The van der Waals surface area contributed by atoms with Crippen molar-refractivity contribution in [3.63, 3.8) is 0 Å². The highest BCUT2D eigenvalue weighted by Gasteiger charge is 2.23. The van der Waals surface area contributed by atoms with Crippen LogP contribution >= 0.6 is 12.4 Å². The Morgan fingerprint density at radius 1 is 1.08 bits per heavy atom. The molecule has 2 fully saturated rings. The summed E-state index contributed by atoms with van der Waals surface area (Å²) in [5.74, 6) is 0.301. The van der Waals surface area contributed by atoms with Crippen molar-refractivity contribution in [2.45, 2.75) is 44.6 Å². The van der Waals surface area contributed by atoms with Crippen LogP contribution in [0.4, 0.5) is 5.69 Å². The molecule has 1 saturated heterocycles. The van der Waals surface area contributed by atoms with E-state index in [2.05, 4.69) is 44.5 Å². The fraction of sp³-hybridized carbons (Fsp3) is 0.400. The summed E-state index contributed by atoms with van der Waals surface area (Å²) in [5, 5.41) is 14.4. The van der Waals surface area contributed by atoms with E-state index in [9.17, 15) is 10.1 Å². The molecule has 7 nitrogen and oxygen atoms in total. The lowest BCUT2D eigenvalue weighted by molar-refractivity contribution is 0.0891. The molecule has 6 rings (SSSR count). The highest BCUT2D eigenvalue weighted by molar-refractivity contribution is 5.97. The topological polar surface area (TPSA) is 88.3 Å². The van der Waals surface area contributed by atoms with Gasteiger partial charge in [-0.1, -0.05) is 0 Å². The first kappa shape index (κ1) is 26.1. The standard InChI is InChI=1S/C30H33N5O2.ClH/c31-19-21-7-9-27-26(16-21)22(20-32-27)4-1-2-11-34-12-14-35(15-13-34)25-8-10-28-23(17-25)18-29(37-28)30(36)33-24-5-3-6-24;/h7-10,16-18,20,24,32H,1-6,11-15H2,(H,33,36);1H. The number of benzene rings is 2. The summed E-state index contributed by atoms with van der Waals surface area (Å²) in [6.45, 7) is 5.21. The number of aryl methyl sites for hydroxylation is 1. The number of nitriles is 1. The van der Waals surface area contributed by atoms with E-state index in [-0.39, 0.29) is 18.3 Å². The summed E-state index contributed by atoms with van der Waals surface area (Å²) >= 11 is 0. The van der Waals surface area contributed by atoms with Gasteiger partial charge in [0.25, 0.3) is 5.91 Å². The number of halogens is 1. The lowest BCUT2D eigenvalue weighted by atomic mass is 9.93. The molecule has 1 amide bonds. The van der Waals surface area contributed by atoms with Gasteiger partial charge in [0, 0.05) is 60.4 Å². The number of unbranched alkanes of at least 4 members (excludes halogenated alkanes) is 1. The van der Waals surface area contributed by atoms with Crippen LogP contribution in [0.1, 0.15) is 53.8 Å². The quantitative estimate of drug-likeness (QED) is 0.287. The summed E-state index contributed by atoms with van der Waals surface area (Å²) < 4.78 is 5.82. The van der Waals surface area contributed by atoms with Gasteiger partial charge < -0.3 is 19.6 Å². The molecule has 0 radical (unpaired) electrons. The molecule has 8 heteroatoms. The number of carbonyl (C=O) groups excluding carboxylic acids is 1. The van der Waals surface area contributed by atoms with Crippen LogP contribution in [0, 0.1) is 11.3 Å². The molecule has 1 aliphatic heterocycles. The Bertz CT molecular complexity index is 1460. The first-order valence-corrected chi connectivity index (χ1v) is 13.5. The van der Waals surface area contributed by atoms with E-state index in [1.165, 1.54) is 23.1 Å². The van der Waals surface area contributed by atoms with Crippen molar-refractivity contribution in [1.82, 2.24) is 15.2 Å². The summed E-state index contributed by atoms with van der Waals surface area (Å²) in [6, 6.07) is 16.5. The Labute approximate surface area is 229 Å². The van der Waals surface area contributed by atoms with Crippen molar-refractivity contribution in [1.29, 1.82) is 5.26 Å². The van der Waals surface area contributed by atoms with Crippen LogP contribution in [0.2, 0.25) is 0 Å². The van der Waals surface area contributed by atoms with Gasteiger partial charge in [0.05, 0.1) is 11.6 Å². The Kier molecular flexibility index (Phi) is 7.92. The van der Waals surface area contributed by atoms with E-state index in [0.29, 0.717) is 17.4 Å². The number of aromatic nitrogens is 1. The molecule has 38 heavy (non-hydrogen) atoms. The summed E-state index contributed by atoms with van der Waals surface area (Å²) in [6.07, 6.45) is 8.74. The second kappa shape index (κ2) is 11.5. The number of anilines is 1. The molecule has 1 saturated carbocycles. The number of amides is 1. The first-order chi connectivity index (χ1) is 18.2. The van der Waals surface area contributed by atoms with Crippen LogP contribution in [0.5, 0.6) is 0 Å². The maximum absolute atomic E-state index is 12.5. The Balaban J connectivity index is 0.00000294. The SMILES string of the molecule is Cl.N#Cc1ccc2[nH]cc(CCCCN3CCN(c4ccc5oc(C(=O)NC6CCC6)cc5c4)CC3)c2c1. The molecule has 2 N–H and O–H groups in total. The van der Waals surface area contributed by atoms with Crippen molar-refractivity contribution in [2.75, 3.05) is 37.6 Å². The van der Waals surface area contributed by atoms with Crippen LogP contribution in [0.15, 0.2) is 53.1 Å². The average Bonchev–Trinajstić information content (AvgIpc) is 3.52. The van der Waals surface area contributed by atoms with Crippen LogP contribution < -0.4 is 10.2 Å². The molecule has 2 aliphatic rings. The second-order valence-electron chi connectivity index (χ2n) is 10.4. The minimum Gasteiger partial charge on any atom is -0.451 e. The van der Waals surface area contributed by atoms with Crippen LogP contribution in [-0.4, -0.2) is 54.6 Å². The number of nitrogens with zero attached hydrogens (tertiary/aromatic N) is 3. The van der Waals surface area contributed by atoms with Crippen molar-refractivity contribution < 1.29 is 9.21 Å². The largest absolute Gasteiger partial charge is 0.451 e. The van der Waals surface area contributed by atoms with Gasteiger partial charge in [-0.3, -0.25) is 9.69 Å². The number of H-pyrrole nitrogens is 1. The molecule has 0 atom stereocenters. The smallest absolute Gasteiger partial charge is 0.287 e. The number of nitrogens with one attached hydrogen (secondary N) is 2. The zero-order valence-electron chi connectivity index (χ0n) is 21.5. The van der Waals surface area contributed by atoms with Gasteiger partial charge >= 0.3 is 0 Å². The van der Waals surface area contributed by atoms with Gasteiger partial charge in [-0.05, 0) is 93.1 Å². The lowest BCUT2D eigenvalue weighted by Gasteiger charge is -2.36. The monoisotopic (exact) mass is 531 g/mol. The van der Waals surface area contributed by atoms with Crippen LogP contribution in [0.3, 0.4) is 0 Å². The molecular formula is C30H34ClN5O2. The van der Waals surface area contributed by atoms with Gasteiger partial charge in [-0.2, -0.15) is 5.26 Å². The predicted octanol–water partition coefficient (Wildman–Crippen LogP) is 5.63. The number of aromatic amines is 1. The van der Waals surface area contributed by atoms with E-state index in [0.717, 1.165) is 81.3 Å². The minimum absolute atomic E-state index is 0. The number of rotatable bonds is 8. The highest BCUT2D eigenvalue weighted by Crippen LogP contribution is 2.27. The fourth-order valence-corrected chi connectivity index (χ4v) is 5.48. The Hall–Kier alpha value is -3.47. The molecule has 0 spiro atoms. The Morgan fingerprint density at radius 3 is 2.68 bits per heavy atom. The van der Waals surface area contributed by atoms with E-state index >= 15 is 0 Å². The number of piperazine rings is 1. The number of carbonyl (C=O) groups is 1. The number of hydrogen-bond acceptors (Lipinski definition) is 5. The second-order valence-corrected chi connectivity index (χ2v) is 10.4. The van der Waals surface area contributed by atoms with Crippen LogP contribution in [0.25, 0.3) is 21.9 Å². The molecule has 1 aliphatic carbocycles. The predicted molar refractivity (Wildman–Crippen MR) is 153 cm³/mol. The van der Waals surface area contributed by atoms with Gasteiger partial charge in [-0.15, -0.1) is 12.4 Å². The third-order valence-corrected chi connectivity index (χ3v) is 7.97. The molecule has 0 bridgehead atoms. The minimum atomic E-state index is -0.104. The average molecular weight is 532 g/mol. The summed E-state index contributed by atoms with van der Waals surface area (Å²) in [4.78, 5) is 20.8. The van der Waals surface area contributed by atoms with Gasteiger partial charge in [-0.25, -0.2) is 0 Å². The van der Waals surface area contributed by atoms with E-state index in [1.807, 2.05) is 30.3 Å². The molecule has 4 aromatic rings. The molecule has 2 aromatic carbocycles. The molecule has 3 heterocycles. The van der Waals surface area contributed by atoms with Crippen molar-refractivity contribution in [2.24, 2.45) is 0 Å².